The first kappa shape index (κ1) is 17.7. The number of hydrogen-bond donors (Lipinski definition) is 3. The summed E-state index contributed by atoms with van der Waals surface area (Å²) in [5.41, 5.74) is 7.44. The van der Waals surface area contributed by atoms with Gasteiger partial charge in [0.1, 0.15) is 11.4 Å². The van der Waals surface area contributed by atoms with Crippen molar-refractivity contribution in [3.05, 3.63) is 40.5 Å². The molecule has 0 radical (unpaired) electrons. The maximum Gasteiger partial charge on any atom is 0.270 e. The highest BCUT2D eigenvalue weighted by molar-refractivity contribution is 9.10. The van der Waals surface area contributed by atoms with Crippen molar-refractivity contribution in [2.75, 3.05) is 6.54 Å². The SMILES string of the molecule is CC(C)(N)CNC(=O)c1[nH]nc(-c2ccccc2)c1Br.Cl. The Labute approximate surface area is 138 Å². The Kier molecular flexibility index (Phi) is 5.95. The fraction of sp³-hybridized carbons (Fsp3) is 0.286. The number of nitrogens with one attached hydrogen (secondary N) is 2. The smallest absolute Gasteiger partial charge is 0.270 e. The molecule has 0 aliphatic heterocycles. The first-order chi connectivity index (χ1) is 9.38. The lowest BCUT2D eigenvalue weighted by molar-refractivity contribution is 0.0940. The second-order valence-corrected chi connectivity index (χ2v) is 6.09. The van der Waals surface area contributed by atoms with Gasteiger partial charge in [-0.25, -0.2) is 0 Å². The molecule has 21 heavy (non-hydrogen) atoms. The third-order valence-electron chi connectivity index (χ3n) is 2.69. The molecule has 0 saturated heterocycles. The van der Waals surface area contributed by atoms with Gasteiger partial charge in [-0.1, -0.05) is 30.3 Å². The lowest BCUT2D eigenvalue weighted by Crippen LogP contribution is -2.45. The molecule has 1 aromatic carbocycles. The molecule has 1 amide bonds. The van der Waals surface area contributed by atoms with Gasteiger partial charge in [0.25, 0.3) is 5.91 Å². The fourth-order valence-corrected chi connectivity index (χ4v) is 2.25. The number of H-pyrrole nitrogens is 1. The van der Waals surface area contributed by atoms with Gasteiger partial charge in [0.15, 0.2) is 0 Å². The Morgan fingerprint density at radius 3 is 2.57 bits per heavy atom. The quantitative estimate of drug-likeness (QED) is 0.770. The topological polar surface area (TPSA) is 83.8 Å². The number of nitrogens with zero attached hydrogens (tertiary/aromatic N) is 1. The first-order valence-electron chi connectivity index (χ1n) is 6.25. The molecule has 0 atom stereocenters. The van der Waals surface area contributed by atoms with E-state index >= 15 is 0 Å². The number of nitrogens with two attached hydrogens (primary N) is 1. The van der Waals surface area contributed by atoms with Crippen LogP contribution in [-0.2, 0) is 0 Å². The van der Waals surface area contributed by atoms with E-state index in [1.54, 1.807) is 0 Å². The Balaban J connectivity index is 0.00000220. The highest BCUT2D eigenvalue weighted by atomic mass is 79.9. The molecule has 114 valence electrons. The number of amides is 1. The normalized spacial score (nSPS) is 10.9. The molecule has 1 aromatic heterocycles. The largest absolute Gasteiger partial charge is 0.349 e. The standard InChI is InChI=1S/C14H17BrN4O.ClH/c1-14(2,16)8-17-13(20)12-10(15)11(18-19-12)9-6-4-3-5-7-9;/h3-7H,8,16H2,1-2H3,(H,17,20)(H,18,19);1H. The number of aromatic nitrogens is 2. The van der Waals surface area contributed by atoms with E-state index in [2.05, 4.69) is 31.4 Å². The Morgan fingerprint density at radius 2 is 2.00 bits per heavy atom. The summed E-state index contributed by atoms with van der Waals surface area (Å²) in [6.07, 6.45) is 0. The average molecular weight is 374 g/mol. The summed E-state index contributed by atoms with van der Waals surface area (Å²) in [6, 6.07) is 9.65. The van der Waals surface area contributed by atoms with E-state index in [1.165, 1.54) is 0 Å². The zero-order chi connectivity index (χ0) is 14.8. The van der Waals surface area contributed by atoms with Crippen molar-refractivity contribution in [1.29, 1.82) is 0 Å². The number of hydrogen-bond acceptors (Lipinski definition) is 3. The van der Waals surface area contributed by atoms with Gasteiger partial charge in [-0.2, -0.15) is 5.10 Å². The molecular formula is C14H18BrClN4O. The van der Waals surface area contributed by atoms with Crippen LogP contribution in [0.2, 0.25) is 0 Å². The number of carbonyl (C=O) groups is 1. The summed E-state index contributed by atoms with van der Waals surface area (Å²) in [5, 5.41) is 9.73. The van der Waals surface area contributed by atoms with E-state index in [-0.39, 0.29) is 18.3 Å². The third-order valence-corrected chi connectivity index (χ3v) is 3.46. The van der Waals surface area contributed by atoms with Crippen LogP contribution in [0.25, 0.3) is 11.3 Å². The summed E-state index contributed by atoms with van der Waals surface area (Å²) in [7, 11) is 0. The maximum absolute atomic E-state index is 12.1. The molecule has 2 aromatic rings. The molecule has 1 heterocycles. The monoisotopic (exact) mass is 372 g/mol. The van der Waals surface area contributed by atoms with Crippen LogP contribution in [0.4, 0.5) is 0 Å². The van der Waals surface area contributed by atoms with Crippen LogP contribution in [0.1, 0.15) is 24.3 Å². The fourth-order valence-electron chi connectivity index (χ4n) is 1.66. The van der Waals surface area contributed by atoms with Crippen LogP contribution < -0.4 is 11.1 Å². The zero-order valence-electron chi connectivity index (χ0n) is 11.8. The average Bonchev–Trinajstić information content (AvgIpc) is 2.78. The molecule has 7 heteroatoms. The lowest BCUT2D eigenvalue weighted by Gasteiger charge is -2.18. The summed E-state index contributed by atoms with van der Waals surface area (Å²) in [4.78, 5) is 12.1. The van der Waals surface area contributed by atoms with Gasteiger partial charge in [-0.3, -0.25) is 9.89 Å². The van der Waals surface area contributed by atoms with Gasteiger partial charge in [0.2, 0.25) is 0 Å². The van der Waals surface area contributed by atoms with Crippen molar-refractivity contribution in [3.8, 4) is 11.3 Å². The van der Waals surface area contributed by atoms with Crippen LogP contribution in [-0.4, -0.2) is 28.2 Å². The Hall–Kier alpha value is -1.37. The van der Waals surface area contributed by atoms with E-state index in [0.717, 1.165) is 5.56 Å². The highest BCUT2D eigenvalue weighted by Gasteiger charge is 2.20. The van der Waals surface area contributed by atoms with Crippen molar-refractivity contribution in [2.24, 2.45) is 5.73 Å². The van der Waals surface area contributed by atoms with E-state index in [0.29, 0.717) is 22.4 Å². The highest BCUT2D eigenvalue weighted by Crippen LogP contribution is 2.28. The van der Waals surface area contributed by atoms with Crippen LogP contribution in [0.15, 0.2) is 34.8 Å². The molecule has 0 aliphatic rings. The van der Waals surface area contributed by atoms with Crippen LogP contribution >= 0.6 is 28.3 Å². The Bertz CT molecular complexity index is 607. The van der Waals surface area contributed by atoms with E-state index in [1.807, 2.05) is 44.2 Å². The molecule has 0 fully saturated rings. The lowest BCUT2D eigenvalue weighted by atomic mass is 10.1. The summed E-state index contributed by atoms with van der Waals surface area (Å²) < 4.78 is 0.649. The van der Waals surface area contributed by atoms with Crippen LogP contribution in [0.5, 0.6) is 0 Å². The van der Waals surface area contributed by atoms with Crippen molar-refractivity contribution >= 4 is 34.2 Å². The number of halogens is 2. The van der Waals surface area contributed by atoms with Crippen molar-refractivity contribution < 1.29 is 4.79 Å². The van der Waals surface area contributed by atoms with Gasteiger partial charge in [-0.15, -0.1) is 12.4 Å². The Morgan fingerprint density at radius 1 is 1.38 bits per heavy atom. The van der Waals surface area contributed by atoms with Gasteiger partial charge in [0, 0.05) is 17.6 Å². The van der Waals surface area contributed by atoms with Gasteiger partial charge >= 0.3 is 0 Å². The minimum Gasteiger partial charge on any atom is -0.349 e. The molecule has 2 rings (SSSR count). The number of aromatic amines is 1. The van der Waals surface area contributed by atoms with Crippen LogP contribution in [0, 0.1) is 0 Å². The van der Waals surface area contributed by atoms with Crippen molar-refractivity contribution in [2.45, 2.75) is 19.4 Å². The molecule has 4 N–H and O–H groups in total. The van der Waals surface area contributed by atoms with Gasteiger partial charge in [-0.05, 0) is 29.8 Å². The summed E-state index contributed by atoms with van der Waals surface area (Å²) in [6.45, 7) is 4.09. The van der Waals surface area contributed by atoms with Gasteiger partial charge in [0.05, 0.1) is 4.47 Å². The molecular weight excluding hydrogens is 356 g/mol. The molecule has 0 spiro atoms. The second-order valence-electron chi connectivity index (χ2n) is 5.30. The number of benzene rings is 1. The van der Waals surface area contributed by atoms with E-state index in [4.69, 9.17) is 5.73 Å². The first-order valence-corrected chi connectivity index (χ1v) is 7.04. The maximum atomic E-state index is 12.1. The van der Waals surface area contributed by atoms with E-state index < -0.39 is 5.54 Å². The molecule has 0 aliphatic carbocycles. The minimum absolute atomic E-state index is 0. The third kappa shape index (κ3) is 4.56. The van der Waals surface area contributed by atoms with Crippen LogP contribution in [0.3, 0.4) is 0 Å². The zero-order valence-corrected chi connectivity index (χ0v) is 14.2. The predicted molar refractivity (Wildman–Crippen MR) is 89.6 cm³/mol. The molecule has 0 saturated carbocycles. The van der Waals surface area contributed by atoms with Crippen molar-refractivity contribution in [1.82, 2.24) is 15.5 Å². The summed E-state index contributed by atoms with van der Waals surface area (Å²) >= 11 is 3.42. The second kappa shape index (κ2) is 7.06. The minimum atomic E-state index is -0.454. The number of rotatable bonds is 4. The van der Waals surface area contributed by atoms with Gasteiger partial charge < -0.3 is 11.1 Å². The summed E-state index contributed by atoms with van der Waals surface area (Å²) in [5.74, 6) is -0.231. The predicted octanol–water partition coefficient (Wildman–Crippen LogP) is 2.73. The molecule has 0 unspecified atom stereocenters. The van der Waals surface area contributed by atoms with Crippen molar-refractivity contribution in [3.63, 3.8) is 0 Å². The van der Waals surface area contributed by atoms with E-state index in [9.17, 15) is 4.79 Å². The molecule has 0 bridgehead atoms. The number of carbonyl (C=O) groups excluding carboxylic acids is 1. The molecule has 5 nitrogen and oxygen atoms in total.